The number of benzene rings is 2. The van der Waals surface area contributed by atoms with E-state index >= 15 is 0 Å². The van der Waals surface area contributed by atoms with Crippen LogP contribution in [0.5, 0.6) is 0 Å². The lowest BCUT2D eigenvalue weighted by Gasteiger charge is -2.06. The molecule has 6 heteroatoms. The predicted octanol–water partition coefficient (Wildman–Crippen LogP) is 5.09. The highest BCUT2D eigenvalue weighted by Gasteiger charge is 2.11. The minimum absolute atomic E-state index is 0.363. The van der Waals surface area contributed by atoms with Crippen LogP contribution in [0, 0.1) is 14.2 Å². The van der Waals surface area contributed by atoms with Gasteiger partial charge in [0.25, 0.3) is 0 Å². The third kappa shape index (κ3) is 2.30. The lowest BCUT2D eigenvalue weighted by atomic mass is 10.2. The number of halogens is 3. The summed E-state index contributed by atoms with van der Waals surface area (Å²) in [6.45, 7) is 0. The Kier molecular flexibility index (Phi) is 3.36. The van der Waals surface area contributed by atoms with Crippen molar-refractivity contribution in [1.82, 2.24) is 9.55 Å². The number of fused-ring (bicyclic) bond motifs is 1. The third-order valence-electron chi connectivity index (χ3n) is 2.79. The van der Waals surface area contributed by atoms with Crippen molar-refractivity contribution in [1.29, 1.82) is 0 Å². The van der Waals surface area contributed by atoms with E-state index in [1.165, 1.54) is 6.07 Å². The van der Waals surface area contributed by atoms with Crippen molar-refractivity contribution in [3.8, 4) is 5.69 Å². The molecule has 1 aromatic heterocycles. The Labute approximate surface area is 132 Å². The van der Waals surface area contributed by atoms with Crippen molar-refractivity contribution >= 4 is 57.4 Å². The zero-order valence-corrected chi connectivity index (χ0v) is 13.2. The molecular weight excluding hydrogens is 398 g/mol. The molecule has 1 heterocycles. The van der Waals surface area contributed by atoms with E-state index in [0.717, 1.165) is 14.6 Å². The molecular formula is C13H7ClFIN2S. The fourth-order valence-electron chi connectivity index (χ4n) is 1.99. The molecule has 3 aromatic rings. The summed E-state index contributed by atoms with van der Waals surface area (Å²) in [7, 11) is 0. The number of imidazole rings is 1. The molecule has 0 unspecified atom stereocenters. The van der Waals surface area contributed by atoms with Gasteiger partial charge in [-0.1, -0.05) is 11.6 Å². The average molecular weight is 405 g/mol. The van der Waals surface area contributed by atoms with Crippen molar-refractivity contribution in [3.05, 3.63) is 55.6 Å². The highest BCUT2D eigenvalue weighted by molar-refractivity contribution is 14.1. The van der Waals surface area contributed by atoms with Crippen LogP contribution in [-0.4, -0.2) is 9.55 Å². The second-order valence-electron chi connectivity index (χ2n) is 4.02. The summed E-state index contributed by atoms with van der Waals surface area (Å²) in [6, 6.07) is 10.4. The van der Waals surface area contributed by atoms with Gasteiger partial charge in [-0.25, -0.2) is 4.39 Å². The first-order chi connectivity index (χ1) is 9.06. The standard InChI is InChI=1S/C13H7ClFIN2S/c14-7-1-3-11(9(15)5-7)18-12-4-2-8(16)6-10(12)17-13(18)19/h1-6H,(H,17,19). The van der Waals surface area contributed by atoms with Crippen LogP contribution >= 0.6 is 46.4 Å². The van der Waals surface area contributed by atoms with Crippen molar-refractivity contribution in [3.63, 3.8) is 0 Å². The predicted molar refractivity (Wildman–Crippen MR) is 86.1 cm³/mol. The van der Waals surface area contributed by atoms with E-state index < -0.39 is 5.82 Å². The maximum absolute atomic E-state index is 14.0. The molecule has 0 bridgehead atoms. The largest absolute Gasteiger partial charge is 0.330 e. The highest BCUT2D eigenvalue weighted by atomic mass is 127. The average Bonchev–Trinajstić information content (AvgIpc) is 2.65. The molecule has 0 aliphatic carbocycles. The van der Waals surface area contributed by atoms with Gasteiger partial charge in [-0.2, -0.15) is 0 Å². The number of hydrogen-bond donors (Lipinski definition) is 1. The molecule has 0 aliphatic rings. The van der Waals surface area contributed by atoms with Crippen LogP contribution in [0.25, 0.3) is 16.7 Å². The van der Waals surface area contributed by atoms with E-state index in [1.54, 1.807) is 16.7 Å². The van der Waals surface area contributed by atoms with Gasteiger partial charge < -0.3 is 4.98 Å². The van der Waals surface area contributed by atoms with Gasteiger partial charge in [-0.3, -0.25) is 4.57 Å². The van der Waals surface area contributed by atoms with Gasteiger partial charge >= 0.3 is 0 Å². The number of H-pyrrole nitrogens is 1. The molecule has 0 spiro atoms. The third-order valence-corrected chi connectivity index (χ3v) is 3.99. The maximum atomic E-state index is 14.0. The lowest BCUT2D eigenvalue weighted by Crippen LogP contribution is -1.97. The van der Waals surface area contributed by atoms with Gasteiger partial charge in [0.2, 0.25) is 0 Å². The zero-order chi connectivity index (χ0) is 13.6. The first-order valence-electron chi connectivity index (χ1n) is 5.42. The van der Waals surface area contributed by atoms with Crippen LogP contribution in [0.4, 0.5) is 4.39 Å². The second kappa shape index (κ2) is 4.88. The number of hydrogen-bond acceptors (Lipinski definition) is 1. The van der Waals surface area contributed by atoms with Gasteiger partial charge in [-0.05, 0) is 71.2 Å². The summed E-state index contributed by atoms with van der Waals surface area (Å²) in [5, 5.41) is 0.363. The van der Waals surface area contributed by atoms with Gasteiger partial charge in [0, 0.05) is 8.59 Å². The van der Waals surface area contributed by atoms with Gasteiger partial charge in [0.1, 0.15) is 5.82 Å². The molecule has 19 heavy (non-hydrogen) atoms. The second-order valence-corrected chi connectivity index (χ2v) is 6.09. The fraction of sp³-hybridized carbons (Fsp3) is 0. The first-order valence-corrected chi connectivity index (χ1v) is 7.28. The molecule has 2 nitrogen and oxygen atoms in total. The minimum atomic E-state index is -0.400. The zero-order valence-electron chi connectivity index (χ0n) is 9.45. The molecule has 0 radical (unpaired) electrons. The van der Waals surface area contributed by atoms with E-state index in [1.807, 2.05) is 18.2 Å². The summed E-state index contributed by atoms with van der Waals surface area (Å²) >= 11 is 13.3. The van der Waals surface area contributed by atoms with Crippen LogP contribution in [0.2, 0.25) is 5.02 Å². The van der Waals surface area contributed by atoms with Crippen LogP contribution < -0.4 is 0 Å². The summed E-state index contributed by atoms with van der Waals surface area (Å²) in [4.78, 5) is 3.08. The molecule has 0 saturated carbocycles. The Balaban J connectivity index is 2.36. The Bertz CT molecular complexity index is 840. The smallest absolute Gasteiger partial charge is 0.182 e. The van der Waals surface area contributed by atoms with Crippen molar-refractivity contribution in [2.75, 3.05) is 0 Å². The highest BCUT2D eigenvalue weighted by Crippen LogP contribution is 2.24. The fourth-order valence-corrected chi connectivity index (χ4v) is 2.94. The molecule has 0 atom stereocenters. The van der Waals surface area contributed by atoms with Gasteiger partial charge in [-0.15, -0.1) is 0 Å². The molecule has 96 valence electrons. The summed E-state index contributed by atoms with van der Waals surface area (Å²) in [6.07, 6.45) is 0. The maximum Gasteiger partial charge on any atom is 0.182 e. The van der Waals surface area contributed by atoms with Crippen LogP contribution in [-0.2, 0) is 0 Å². The Morgan fingerprint density at radius 2 is 2.00 bits per heavy atom. The molecule has 0 saturated heterocycles. The van der Waals surface area contributed by atoms with E-state index in [9.17, 15) is 4.39 Å². The SMILES string of the molecule is Fc1cc(Cl)ccc1-n1c(=S)[nH]c2cc(I)ccc21. The lowest BCUT2D eigenvalue weighted by molar-refractivity contribution is 0.619. The van der Waals surface area contributed by atoms with Crippen molar-refractivity contribution in [2.45, 2.75) is 0 Å². The number of nitrogens with zero attached hydrogens (tertiary/aromatic N) is 1. The van der Waals surface area contributed by atoms with E-state index in [-0.39, 0.29) is 0 Å². The number of nitrogens with one attached hydrogen (secondary N) is 1. The molecule has 1 N–H and O–H groups in total. The molecule has 0 fully saturated rings. The molecule has 3 rings (SSSR count). The quantitative estimate of drug-likeness (QED) is 0.443. The van der Waals surface area contributed by atoms with E-state index in [2.05, 4.69) is 27.6 Å². The van der Waals surface area contributed by atoms with E-state index in [4.69, 9.17) is 23.8 Å². The monoisotopic (exact) mass is 404 g/mol. The topological polar surface area (TPSA) is 20.7 Å². The van der Waals surface area contributed by atoms with Crippen LogP contribution in [0.15, 0.2) is 36.4 Å². The van der Waals surface area contributed by atoms with Crippen molar-refractivity contribution < 1.29 is 4.39 Å². The summed E-state index contributed by atoms with van der Waals surface area (Å²) in [5.41, 5.74) is 2.11. The Hall–Kier alpha value is -0.920. The Morgan fingerprint density at radius 3 is 2.74 bits per heavy atom. The molecule has 2 aromatic carbocycles. The van der Waals surface area contributed by atoms with Crippen molar-refractivity contribution in [2.24, 2.45) is 0 Å². The molecule has 0 amide bonds. The van der Waals surface area contributed by atoms with Gasteiger partial charge in [0.15, 0.2) is 4.77 Å². The van der Waals surface area contributed by atoms with E-state index in [0.29, 0.717) is 15.5 Å². The normalized spacial score (nSPS) is 11.1. The summed E-state index contributed by atoms with van der Waals surface area (Å²) < 4.78 is 17.3. The van der Waals surface area contributed by atoms with Crippen LogP contribution in [0.3, 0.4) is 0 Å². The number of aromatic nitrogens is 2. The Morgan fingerprint density at radius 1 is 1.21 bits per heavy atom. The summed E-state index contributed by atoms with van der Waals surface area (Å²) in [5.74, 6) is -0.400. The van der Waals surface area contributed by atoms with Gasteiger partial charge in [0.05, 0.1) is 16.7 Å². The molecule has 0 aliphatic heterocycles. The number of aromatic amines is 1. The minimum Gasteiger partial charge on any atom is -0.330 e. The first kappa shape index (κ1) is 13.1. The van der Waals surface area contributed by atoms with Crippen LogP contribution in [0.1, 0.15) is 0 Å². The number of rotatable bonds is 1.